The highest BCUT2D eigenvalue weighted by Crippen LogP contribution is 2.25. The number of methoxy groups -OCH3 is 1. The summed E-state index contributed by atoms with van der Waals surface area (Å²) in [5.74, 6) is -0.431. The number of carbonyl (C=O) groups is 1. The number of hydrogen-bond acceptors (Lipinski definition) is 5. The van der Waals surface area contributed by atoms with Gasteiger partial charge >= 0.3 is 5.97 Å². The molecule has 2 rings (SSSR count). The maximum absolute atomic E-state index is 12.6. The Hall–Kier alpha value is -0.700. The van der Waals surface area contributed by atoms with Crippen LogP contribution in [0.15, 0.2) is 0 Å². The maximum Gasteiger partial charge on any atom is 0.308 e. The molecule has 0 aromatic carbocycles. The van der Waals surface area contributed by atoms with Crippen molar-refractivity contribution in [1.82, 2.24) is 8.61 Å². The quantitative estimate of drug-likeness (QED) is 0.726. The van der Waals surface area contributed by atoms with Gasteiger partial charge in [0.2, 0.25) is 0 Å². The zero-order chi connectivity index (χ0) is 15.5. The van der Waals surface area contributed by atoms with Gasteiger partial charge < -0.3 is 9.84 Å². The molecule has 2 heterocycles. The zero-order valence-corrected chi connectivity index (χ0v) is 13.2. The van der Waals surface area contributed by atoms with Crippen LogP contribution in [0.2, 0.25) is 0 Å². The third kappa shape index (κ3) is 3.74. The van der Waals surface area contributed by atoms with E-state index < -0.39 is 10.2 Å². The second-order valence-corrected chi connectivity index (χ2v) is 7.68. The normalized spacial score (nSPS) is 26.7. The predicted molar refractivity (Wildman–Crippen MR) is 76.6 cm³/mol. The highest BCUT2D eigenvalue weighted by molar-refractivity contribution is 7.86. The largest absolute Gasteiger partial charge is 0.469 e. The Kier molecular flexibility index (Phi) is 5.59. The lowest BCUT2D eigenvalue weighted by atomic mass is 9.99. The van der Waals surface area contributed by atoms with Crippen LogP contribution in [0.5, 0.6) is 0 Å². The Morgan fingerprint density at radius 2 is 1.86 bits per heavy atom. The van der Waals surface area contributed by atoms with Gasteiger partial charge in [-0.15, -0.1) is 0 Å². The van der Waals surface area contributed by atoms with Gasteiger partial charge in [0.1, 0.15) is 0 Å². The summed E-state index contributed by atoms with van der Waals surface area (Å²) in [6.45, 7) is 1.62. The molecule has 2 aliphatic heterocycles. The van der Waals surface area contributed by atoms with Gasteiger partial charge in [-0.05, 0) is 31.6 Å². The molecule has 0 aromatic rings. The van der Waals surface area contributed by atoms with Crippen LogP contribution in [0.25, 0.3) is 0 Å². The fraction of sp³-hybridized carbons (Fsp3) is 0.923. The third-order valence-corrected chi connectivity index (χ3v) is 6.38. The summed E-state index contributed by atoms with van der Waals surface area (Å²) < 4.78 is 32.8. The van der Waals surface area contributed by atoms with E-state index in [1.807, 2.05) is 0 Å². The van der Waals surface area contributed by atoms with E-state index in [1.165, 1.54) is 15.7 Å². The number of aliphatic hydroxyl groups is 1. The average molecular weight is 320 g/mol. The number of ether oxygens (including phenoxy) is 1. The summed E-state index contributed by atoms with van der Waals surface area (Å²) in [5, 5.41) is 9.22. The van der Waals surface area contributed by atoms with Crippen LogP contribution in [0.1, 0.15) is 25.7 Å². The lowest BCUT2D eigenvalue weighted by molar-refractivity contribution is -0.146. The van der Waals surface area contributed by atoms with Gasteiger partial charge in [0.25, 0.3) is 10.2 Å². The fourth-order valence-electron chi connectivity index (χ4n) is 3.04. The Morgan fingerprint density at radius 3 is 2.43 bits per heavy atom. The van der Waals surface area contributed by atoms with Gasteiger partial charge in [-0.25, -0.2) is 0 Å². The SMILES string of the molecule is COC(=O)C1CCN(S(=O)(=O)N2CCCC(CO)C2)CC1. The minimum atomic E-state index is -3.48. The van der Waals surface area contributed by atoms with Crippen LogP contribution in [-0.2, 0) is 19.7 Å². The van der Waals surface area contributed by atoms with E-state index in [2.05, 4.69) is 0 Å². The standard InChI is InChI=1S/C13H24N2O5S/c1-20-13(17)12-4-7-14(8-5-12)21(18,19)15-6-2-3-11(9-15)10-16/h11-12,16H,2-10H2,1H3. The van der Waals surface area contributed by atoms with Crippen LogP contribution in [0.4, 0.5) is 0 Å². The van der Waals surface area contributed by atoms with Crippen LogP contribution in [-0.4, -0.2) is 68.0 Å². The van der Waals surface area contributed by atoms with Gasteiger partial charge in [-0.3, -0.25) is 4.79 Å². The molecule has 2 aliphatic rings. The van der Waals surface area contributed by atoms with Gasteiger partial charge in [0.15, 0.2) is 0 Å². The lowest BCUT2D eigenvalue weighted by Gasteiger charge is -2.37. The summed E-state index contributed by atoms with van der Waals surface area (Å²) >= 11 is 0. The van der Waals surface area contributed by atoms with Crippen molar-refractivity contribution in [2.45, 2.75) is 25.7 Å². The summed E-state index contributed by atoms with van der Waals surface area (Å²) in [6.07, 6.45) is 2.66. The van der Waals surface area contributed by atoms with Crippen molar-refractivity contribution in [3.8, 4) is 0 Å². The molecule has 2 fully saturated rings. The predicted octanol–water partition coefficient (Wildman–Crippen LogP) is -0.179. The van der Waals surface area contributed by atoms with E-state index in [9.17, 15) is 18.3 Å². The molecular formula is C13H24N2O5S. The van der Waals surface area contributed by atoms with Gasteiger partial charge in [0, 0.05) is 32.8 Å². The molecule has 7 nitrogen and oxygen atoms in total. The average Bonchev–Trinajstić information content (AvgIpc) is 2.54. The molecule has 8 heteroatoms. The first-order valence-electron chi connectivity index (χ1n) is 7.43. The maximum atomic E-state index is 12.6. The smallest absolute Gasteiger partial charge is 0.308 e. The Labute approximate surface area is 126 Å². The Balaban J connectivity index is 1.96. The van der Waals surface area contributed by atoms with Crippen molar-refractivity contribution >= 4 is 16.2 Å². The summed E-state index contributed by atoms with van der Waals surface area (Å²) in [7, 11) is -2.13. The number of hydrogen-bond donors (Lipinski definition) is 1. The van der Waals surface area contributed by atoms with Gasteiger partial charge in [0.05, 0.1) is 13.0 Å². The second-order valence-electron chi connectivity index (χ2n) is 5.75. The number of rotatable bonds is 4. The molecule has 0 saturated carbocycles. The first-order valence-corrected chi connectivity index (χ1v) is 8.82. The molecule has 0 aliphatic carbocycles. The molecule has 1 unspecified atom stereocenters. The van der Waals surface area contributed by atoms with Gasteiger partial charge in [-0.2, -0.15) is 17.0 Å². The first kappa shape index (κ1) is 16.7. The van der Waals surface area contributed by atoms with E-state index >= 15 is 0 Å². The molecule has 1 N–H and O–H groups in total. The van der Waals surface area contributed by atoms with Crippen molar-refractivity contribution in [3.63, 3.8) is 0 Å². The van der Waals surface area contributed by atoms with Crippen molar-refractivity contribution in [1.29, 1.82) is 0 Å². The van der Waals surface area contributed by atoms with Crippen molar-refractivity contribution < 1.29 is 23.1 Å². The van der Waals surface area contributed by atoms with E-state index in [-0.39, 0.29) is 24.4 Å². The highest BCUT2D eigenvalue weighted by atomic mass is 32.2. The monoisotopic (exact) mass is 320 g/mol. The van der Waals surface area contributed by atoms with Gasteiger partial charge in [-0.1, -0.05) is 0 Å². The van der Waals surface area contributed by atoms with E-state index in [4.69, 9.17) is 4.74 Å². The lowest BCUT2D eigenvalue weighted by Crippen LogP contribution is -2.51. The third-order valence-electron chi connectivity index (χ3n) is 4.38. The zero-order valence-electron chi connectivity index (χ0n) is 12.4. The van der Waals surface area contributed by atoms with Crippen LogP contribution in [0.3, 0.4) is 0 Å². The van der Waals surface area contributed by atoms with Crippen LogP contribution < -0.4 is 0 Å². The van der Waals surface area contributed by atoms with Crippen LogP contribution >= 0.6 is 0 Å². The molecule has 0 bridgehead atoms. The second kappa shape index (κ2) is 7.04. The summed E-state index contributed by atoms with van der Waals surface area (Å²) in [5.41, 5.74) is 0. The molecule has 1 atom stereocenters. The van der Waals surface area contributed by atoms with Crippen molar-refractivity contribution in [2.75, 3.05) is 39.9 Å². The molecule has 2 saturated heterocycles. The summed E-state index contributed by atoms with van der Waals surface area (Å²) in [4.78, 5) is 11.5. The number of esters is 1. The highest BCUT2D eigenvalue weighted by Gasteiger charge is 2.36. The minimum absolute atomic E-state index is 0.0242. The van der Waals surface area contributed by atoms with Crippen molar-refractivity contribution in [3.05, 3.63) is 0 Å². The first-order chi connectivity index (χ1) is 9.98. The van der Waals surface area contributed by atoms with Crippen LogP contribution in [0, 0.1) is 11.8 Å². The molecule has 21 heavy (non-hydrogen) atoms. The fourth-order valence-corrected chi connectivity index (χ4v) is 4.80. The molecule has 0 radical (unpaired) electrons. The Bertz CT molecular complexity index is 459. The number of piperidine rings is 2. The van der Waals surface area contributed by atoms with E-state index in [0.29, 0.717) is 39.0 Å². The number of aliphatic hydroxyl groups excluding tert-OH is 1. The van der Waals surface area contributed by atoms with E-state index in [1.54, 1.807) is 0 Å². The van der Waals surface area contributed by atoms with Crippen molar-refractivity contribution in [2.24, 2.45) is 11.8 Å². The molecule has 0 aromatic heterocycles. The molecular weight excluding hydrogens is 296 g/mol. The topological polar surface area (TPSA) is 87.2 Å². The summed E-state index contributed by atoms with van der Waals surface area (Å²) in [6, 6.07) is 0. The number of nitrogens with zero attached hydrogens (tertiary/aromatic N) is 2. The molecule has 0 amide bonds. The minimum Gasteiger partial charge on any atom is -0.469 e. The van der Waals surface area contributed by atoms with E-state index in [0.717, 1.165) is 12.8 Å². The molecule has 0 spiro atoms. The number of carbonyl (C=O) groups excluding carboxylic acids is 1. The molecule has 122 valence electrons. The Morgan fingerprint density at radius 1 is 1.19 bits per heavy atom.